The second kappa shape index (κ2) is 6.14. The topological polar surface area (TPSA) is 41.6 Å². The molecular weight excluding hydrogens is 272 g/mol. The van der Waals surface area contributed by atoms with Crippen molar-refractivity contribution in [1.82, 2.24) is 10.2 Å². The Balaban J connectivity index is 1.67. The van der Waals surface area contributed by atoms with Gasteiger partial charge in [-0.05, 0) is 32.2 Å². The summed E-state index contributed by atoms with van der Waals surface area (Å²) in [6, 6.07) is 2.78. The normalized spacial score (nSPS) is 22.6. The number of nitrogens with one attached hydrogen (secondary N) is 1. The van der Waals surface area contributed by atoms with E-state index in [9.17, 15) is 4.79 Å². The van der Waals surface area contributed by atoms with Gasteiger partial charge in [0.1, 0.15) is 5.75 Å². The van der Waals surface area contributed by atoms with E-state index in [1.54, 1.807) is 7.11 Å². The molecule has 4 nitrogen and oxygen atoms in total. The molecule has 1 aliphatic heterocycles. The zero-order valence-corrected chi connectivity index (χ0v) is 12.7. The highest BCUT2D eigenvalue weighted by molar-refractivity contribution is 7.12. The molecule has 1 amide bonds. The summed E-state index contributed by atoms with van der Waals surface area (Å²) in [5.74, 6) is 0.957. The van der Waals surface area contributed by atoms with E-state index < -0.39 is 0 Å². The van der Waals surface area contributed by atoms with Crippen LogP contribution in [0.25, 0.3) is 0 Å². The van der Waals surface area contributed by atoms with Gasteiger partial charge < -0.3 is 15.0 Å². The fraction of sp³-hybridized carbons (Fsp3) is 0.667. The number of hydrogen-bond acceptors (Lipinski definition) is 4. The highest BCUT2D eigenvalue weighted by atomic mass is 32.1. The van der Waals surface area contributed by atoms with Crippen molar-refractivity contribution >= 4 is 17.2 Å². The van der Waals surface area contributed by atoms with Crippen LogP contribution in [-0.4, -0.2) is 43.1 Å². The summed E-state index contributed by atoms with van der Waals surface area (Å²) in [5.41, 5.74) is 0. The van der Waals surface area contributed by atoms with E-state index in [2.05, 4.69) is 10.2 Å². The molecule has 2 heterocycles. The average Bonchev–Trinajstić information content (AvgIpc) is 3.21. The summed E-state index contributed by atoms with van der Waals surface area (Å²) in [6.45, 7) is 1.94. The second-order valence-electron chi connectivity index (χ2n) is 5.69. The highest BCUT2D eigenvalue weighted by Crippen LogP contribution is 2.31. The van der Waals surface area contributed by atoms with E-state index in [1.807, 2.05) is 11.4 Å². The molecule has 20 heavy (non-hydrogen) atoms. The number of carbonyl (C=O) groups is 1. The molecule has 1 saturated carbocycles. The second-order valence-corrected chi connectivity index (χ2v) is 6.60. The van der Waals surface area contributed by atoms with Gasteiger partial charge in [0.25, 0.3) is 5.91 Å². The monoisotopic (exact) mass is 294 g/mol. The molecule has 110 valence electrons. The maximum absolute atomic E-state index is 12.7. The average molecular weight is 294 g/mol. The van der Waals surface area contributed by atoms with Crippen LogP contribution in [0.5, 0.6) is 5.75 Å². The van der Waals surface area contributed by atoms with Crippen LogP contribution in [0.3, 0.4) is 0 Å². The van der Waals surface area contributed by atoms with Crippen molar-refractivity contribution < 1.29 is 9.53 Å². The number of piperidine rings is 1. The van der Waals surface area contributed by atoms with Crippen LogP contribution in [0.15, 0.2) is 11.4 Å². The molecule has 1 atom stereocenters. The third-order valence-electron chi connectivity index (χ3n) is 4.10. The van der Waals surface area contributed by atoms with Crippen LogP contribution in [-0.2, 0) is 0 Å². The standard InChI is InChI=1S/C15H22N2O2S/c1-19-13-8-14(20-10-13)15(18)17(12-5-6-12)9-11-4-2-3-7-16-11/h8,10-12,16H,2-7,9H2,1H3. The van der Waals surface area contributed by atoms with Crippen LogP contribution in [0.1, 0.15) is 41.8 Å². The highest BCUT2D eigenvalue weighted by Gasteiger charge is 2.35. The zero-order chi connectivity index (χ0) is 13.9. The van der Waals surface area contributed by atoms with Gasteiger partial charge in [-0.15, -0.1) is 11.3 Å². The minimum absolute atomic E-state index is 0.174. The van der Waals surface area contributed by atoms with Crippen molar-refractivity contribution in [2.75, 3.05) is 20.2 Å². The molecule has 1 unspecified atom stereocenters. The van der Waals surface area contributed by atoms with E-state index in [0.717, 1.165) is 36.6 Å². The number of ether oxygens (including phenoxy) is 1. The third kappa shape index (κ3) is 3.15. The molecule has 0 aromatic carbocycles. The fourth-order valence-electron chi connectivity index (χ4n) is 2.78. The molecule has 1 aromatic heterocycles. The quantitative estimate of drug-likeness (QED) is 0.907. The Kier molecular flexibility index (Phi) is 4.27. The third-order valence-corrected chi connectivity index (χ3v) is 5.00. The number of thiophene rings is 1. The molecule has 1 aliphatic carbocycles. The van der Waals surface area contributed by atoms with Crippen molar-refractivity contribution in [3.8, 4) is 5.75 Å². The summed E-state index contributed by atoms with van der Waals surface area (Å²) in [7, 11) is 1.64. The first-order valence-electron chi connectivity index (χ1n) is 7.45. The first-order chi connectivity index (χ1) is 9.78. The molecule has 2 aliphatic rings. The molecule has 1 N–H and O–H groups in total. The number of nitrogens with zero attached hydrogens (tertiary/aromatic N) is 1. The molecule has 0 bridgehead atoms. The van der Waals surface area contributed by atoms with Crippen LogP contribution in [0.4, 0.5) is 0 Å². The number of amides is 1. The van der Waals surface area contributed by atoms with Crippen molar-refractivity contribution in [2.24, 2.45) is 0 Å². The number of methoxy groups -OCH3 is 1. The smallest absolute Gasteiger partial charge is 0.264 e. The Hall–Kier alpha value is -1.07. The molecule has 1 aromatic rings. The predicted molar refractivity (Wildman–Crippen MR) is 80.6 cm³/mol. The van der Waals surface area contributed by atoms with Crippen LogP contribution < -0.4 is 10.1 Å². The number of hydrogen-bond donors (Lipinski definition) is 1. The first kappa shape index (κ1) is 13.9. The minimum atomic E-state index is 0.174. The Bertz CT molecular complexity index is 464. The van der Waals surface area contributed by atoms with Crippen molar-refractivity contribution in [2.45, 2.75) is 44.2 Å². The van der Waals surface area contributed by atoms with Gasteiger partial charge in [0, 0.05) is 30.1 Å². The summed E-state index contributed by atoms with van der Waals surface area (Å²) < 4.78 is 5.18. The predicted octanol–water partition coefficient (Wildman–Crippen LogP) is 2.50. The van der Waals surface area contributed by atoms with E-state index in [4.69, 9.17) is 4.74 Å². The molecular formula is C15H22N2O2S. The lowest BCUT2D eigenvalue weighted by Crippen LogP contribution is -2.46. The Labute approximate surface area is 124 Å². The van der Waals surface area contributed by atoms with Gasteiger partial charge in [0.15, 0.2) is 0 Å². The Morgan fingerprint density at radius 2 is 2.30 bits per heavy atom. The first-order valence-corrected chi connectivity index (χ1v) is 8.33. The number of rotatable bonds is 5. The summed E-state index contributed by atoms with van der Waals surface area (Å²) in [4.78, 5) is 15.6. The van der Waals surface area contributed by atoms with Crippen LogP contribution in [0.2, 0.25) is 0 Å². The van der Waals surface area contributed by atoms with E-state index in [1.165, 1.54) is 30.6 Å². The van der Waals surface area contributed by atoms with Gasteiger partial charge in [-0.1, -0.05) is 6.42 Å². The molecule has 0 radical (unpaired) electrons. The van der Waals surface area contributed by atoms with Crippen LogP contribution in [0, 0.1) is 0 Å². The maximum atomic E-state index is 12.7. The Morgan fingerprint density at radius 3 is 2.90 bits per heavy atom. The summed E-state index contributed by atoms with van der Waals surface area (Å²) in [6.07, 6.45) is 6.03. The van der Waals surface area contributed by atoms with E-state index >= 15 is 0 Å². The summed E-state index contributed by atoms with van der Waals surface area (Å²) >= 11 is 1.48. The SMILES string of the molecule is COc1csc(C(=O)N(CC2CCCCN2)C2CC2)c1. The van der Waals surface area contributed by atoms with E-state index in [-0.39, 0.29) is 5.91 Å². The lowest BCUT2D eigenvalue weighted by atomic mass is 10.0. The lowest BCUT2D eigenvalue weighted by molar-refractivity contribution is 0.0722. The molecule has 5 heteroatoms. The molecule has 1 saturated heterocycles. The minimum Gasteiger partial charge on any atom is -0.496 e. The summed E-state index contributed by atoms with van der Waals surface area (Å²) in [5, 5.41) is 5.44. The van der Waals surface area contributed by atoms with E-state index in [0.29, 0.717) is 12.1 Å². The Morgan fingerprint density at radius 1 is 1.45 bits per heavy atom. The molecule has 3 rings (SSSR count). The van der Waals surface area contributed by atoms with Crippen molar-refractivity contribution in [1.29, 1.82) is 0 Å². The van der Waals surface area contributed by atoms with Gasteiger partial charge in [-0.2, -0.15) is 0 Å². The maximum Gasteiger partial charge on any atom is 0.264 e. The number of carbonyl (C=O) groups excluding carboxylic acids is 1. The van der Waals surface area contributed by atoms with Crippen molar-refractivity contribution in [3.63, 3.8) is 0 Å². The van der Waals surface area contributed by atoms with Gasteiger partial charge in [0.2, 0.25) is 0 Å². The van der Waals surface area contributed by atoms with Gasteiger partial charge >= 0.3 is 0 Å². The molecule has 2 fully saturated rings. The lowest BCUT2D eigenvalue weighted by Gasteiger charge is -2.30. The fourth-order valence-corrected chi connectivity index (χ4v) is 3.59. The van der Waals surface area contributed by atoms with Gasteiger partial charge in [0.05, 0.1) is 12.0 Å². The van der Waals surface area contributed by atoms with Crippen LogP contribution >= 0.6 is 11.3 Å². The van der Waals surface area contributed by atoms with Gasteiger partial charge in [-0.3, -0.25) is 4.79 Å². The van der Waals surface area contributed by atoms with Gasteiger partial charge in [-0.25, -0.2) is 0 Å². The molecule has 0 spiro atoms. The largest absolute Gasteiger partial charge is 0.496 e. The van der Waals surface area contributed by atoms with Crippen molar-refractivity contribution in [3.05, 3.63) is 16.3 Å². The zero-order valence-electron chi connectivity index (χ0n) is 11.9.